The van der Waals surface area contributed by atoms with E-state index in [0.29, 0.717) is 6.54 Å². The van der Waals surface area contributed by atoms with E-state index in [4.69, 9.17) is 0 Å². The molecule has 5 aliphatic rings. The molecule has 1 aromatic heterocycles. The molecule has 33 heavy (non-hydrogen) atoms. The highest BCUT2D eigenvalue weighted by Crippen LogP contribution is 2.59. The molecule has 1 aliphatic heterocycles. The number of alkyl halides is 3. The van der Waals surface area contributed by atoms with Crippen molar-refractivity contribution >= 4 is 11.7 Å². The second-order valence-electron chi connectivity index (χ2n) is 10.9. The maximum absolute atomic E-state index is 13.9. The van der Waals surface area contributed by atoms with Crippen molar-refractivity contribution in [3.8, 4) is 0 Å². The molecule has 2 heterocycles. The number of amides is 1. The van der Waals surface area contributed by atoms with Gasteiger partial charge in [-0.15, -0.1) is 0 Å². The van der Waals surface area contributed by atoms with Crippen molar-refractivity contribution in [2.75, 3.05) is 11.9 Å². The van der Waals surface area contributed by atoms with Gasteiger partial charge in [0, 0.05) is 19.0 Å². The number of hydrogen-bond acceptors (Lipinski definition) is 3. The fourth-order valence-electron chi connectivity index (χ4n) is 7.45. The summed E-state index contributed by atoms with van der Waals surface area (Å²) >= 11 is 0. The molecule has 2 atom stereocenters. The zero-order valence-corrected chi connectivity index (χ0v) is 18.4. The lowest BCUT2D eigenvalue weighted by atomic mass is 9.49. The van der Waals surface area contributed by atoms with Crippen molar-refractivity contribution in [1.82, 2.24) is 15.1 Å². The number of carbonyl (C=O) groups is 1. The van der Waals surface area contributed by atoms with Crippen LogP contribution in [0.4, 0.5) is 19.0 Å². The molecule has 176 valence electrons. The zero-order valence-electron chi connectivity index (χ0n) is 18.4. The SMILES string of the molecule is O=C(NCC12CC3CC(CC(C3)C1)C2)c1cc2n(n1)[C@@H](C(F)(F)F)C[C@H](c1ccccc1)N2. The van der Waals surface area contributed by atoms with Crippen LogP contribution in [-0.2, 0) is 0 Å². The molecule has 4 saturated carbocycles. The first-order chi connectivity index (χ1) is 15.8. The first kappa shape index (κ1) is 21.1. The molecule has 4 fully saturated rings. The number of aromatic nitrogens is 2. The van der Waals surface area contributed by atoms with E-state index >= 15 is 0 Å². The summed E-state index contributed by atoms with van der Waals surface area (Å²) < 4.78 is 42.6. The van der Waals surface area contributed by atoms with Crippen LogP contribution in [0, 0.1) is 23.2 Å². The van der Waals surface area contributed by atoms with Crippen molar-refractivity contribution in [2.24, 2.45) is 23.2 Å². The maximum atomic E-state index is 13.9. The molecule has 7 rings (SSSR count). The molecule has 0 unspecified atom stereocenters. The minimum Gasteiger partial charge on any atom is -0.363 e. The highest BCUT2D eigenvalue weighted by Gasteiger charge is 2.51. The van der Waals surface area contributed by atoms with Gasteiger partial charge in [0.05, 0.1) is 6.04 Å². The van der Waals surface area contributed by atoms with Crippen LogP contribution >= 0.6 is 0 Å². The molecular formula is C25H29F3N4O. The van der Waals surface area contributed by atoms with Crippen LogP contribution in [0.25, 0.3) is 0 Å². The lowest BCUT2D eigenvalue weighted by molar-refractivity contribution is -0.173. The number of nitrogens with zero attached hydrogens (tertiary/aromatic N) is 2. The fourth-order valence-corrected chi connectivity index (χ4v) is 7.45. The molecule has 1 amide bonds. The Bertz CT molecular complexity index is 1010. The van der Waals surface area contributed by atoms with Crippen molar-refractivity contribution in [2.45, 2.75) is 63.2 Å². The first-order valence-electron chi connectivity index (χ1n) is 12.0. The van der Waals surface area contributed by atoms with Crippen LogP contribution in [0.5, 0.6) is 0 Å². The van der Waals surface area contributed by atoms with E-state index in [0.717, 1.165) is 47.3 Å². The van der Waals surface area contributed by atoms with Gasteiger partial charge in [-0.3, -0.25) is 4.79 Å². The van der Waals surface area contributed by atoms with Gasteiger partial charge in [-0.2, -0.15) is 18.3 Å². The topological polar surface area (TPSA) is 59.0 Å². The van der Waals surface area contributed by atoms with Gasteiger partial charge in [0.25, 0.3) is 5.91 Å². The third-order valence-corrected chi connectivity index (χ3v) is 8.41. The number of nitrogens with one attached hydrogen (secondary N) is 2. The normalized spacial score (nSPS) is 34.6. The molecule has 4 bridgehead atoms. The summed E-state index contributed by atoms with van der Waals surface area (Å²) in [5.41, 5.74) is 0.992. The zero-order chi connectivity index (χ0) is 22.8. The largest absolute Gasteiger partial charge is 0.410 e. The fraction of sp³-hybridized carbons (Fsp3) is 0.600. The predicted molar refractivity (Wildman–Crippen MR) is 118 cm³/mol. The number of anilines is 1. The van der Waals surface area contributed by atoms with Gasteiger partial charge in [-0.05, 0) is 67.3 Å². The van der Waals surface area contributed by atoms with E-state index in [1.807, 2.05) is 30.3 Å². The smallest absolute Gasteiger partial charge is 0.363 e. The highest BCUT2D eigenvalue weighted by atomic mass is 19.4. The van der Waals surface area contributed by atoms with Crippen LogP contribution in [0.3, 0.4) is 0 Å². The summed E-state index contributed by atoms with van der Waals surface area (Å²) in [7, 11) is 0. The lowest BCUT2D eigenvalue weighted by Gasteiger charge is -2.56. The van der Waals surface area contributed by atoms with E-state index in [1.165, 1.54) is 25.3 Å². The van der Waals surface area contributed by atoms with Crippen LogP contribution in [0.2, 0.25) is 0 Å². The van der Waals surface area contributed by atoms with Crippen LogP contribution in [-0.4, -0.2) is 28.4 Å². The highest BCUT2D eigenvalue weighted by molar-refractivity contribution is 5.93. The molecule has 2 N–H and O–H groups in total. The van der Waals surface area contributed by atoms with Crippen molar-refractivity contribution in [3.05, 3.63) is 47.7 Å². The summed E-state index contributed by atoms with van der Waals surface area (Å²) in [6, 6.07) is 8.29. The second-order valence-corrected chi connectivity index (χ2v) is 10.9. The second kappa shape index (κ2) is 7.50. The Labute approximate surface area is 191 Å². The molecule has 1 aromatic carbocycles. The summed E-state index contributed by atoms with van der Waals surface area (Å²) in [5.74, 6) is 2.18. The minimum absolute atomic E-state index is 0.0465. The number of carbonyl (C=O) groups excluding carboxylic acids is 1. The average Bonchev–Trinajstić information content (AvgIpc) is 3.20. The Balaban J connectivity index is 1.21. The molecular weight excluding hydrogens is 429 g/mol. The summed E-state index contributed by atoms with van der Waals surface area (Å²) in [6.07, 6.45) is 2.84. The first-order valence-corrected chi connectivity index (χ1v) is 12.0. The Morgan fingerprint density at radius 1 is 1.06 bits per heavy atom. The van der Waals surface area contributed by atoms with Gasteiger partial charge in [0.1, 0.15) is 5.82 Å². The standard InChI is InChI=1S/C25H29F3N4O/c26-25(27,28)21-9-19(18-4-2-1-3-5-18)30-22-10-20(31-32(21)22)23(33)29-14-24-11-15-6-16(12-24)8-17(7-15)13-24/h1-5,10,15-17,19,21,30H,6-9,11-14H2,(H,29,33)/t15?,16?,17?,19-,21-,24?/m1/s1. The molecule has 0 radical (unpaired) electrons. The third kappa shape index (κ3) is 3.81. The average molecular weight is 459 g/mol. The number of halogens is 3. The molecule has 4 aliphatic carbocycles. The third-order valence-electron chi connectivity index (χ3n) is 8.41. The number of hydrogen-bond donors (Lipinski definition) is 2. The van der Waals surface area contributed by atoms with Gasteiger partial charge in [0.2, 0.25) is 0 Å². The summed E-state index contributed by atoms with van der Waals surface area (Å²) in [4.78, 5) is 13.0. The van der Waals surface area contributed by atoms with Crippen LogP contribution < -0.4 is 10.6 Å². The maximum Gasteiger partial charge on any atom is 0.410 e. The summed E-state index contributed by atoms with van der Waals surface area (Å²) in [5, 5.41) is 10.3. The Kier molecular flexibility index (Phi) is 4.79. The molecule has 8 heteroatoms. The van der Waals surface area contributed by atoms with Gasteiger partial charge in [-0.1, -0.05) is 30.3 Å². The molecule has 0 saturated heterocycles. The van der Waals surface area contributed by atoms with Gasteiger partial charge in [0.15, 0.2) is 11.7 Å². The van der Waals surface area contributed by atoms with E-state index < -0.39 is 18.3 Å². The Hall–Kier alpha value is -2.51. The van der Waals surface area contributed by atoms with Crippen molar-refractivity contribution < 1.29 is 18.0 Å². The Morgan fingerprint density at radius 3 is 2.30 bits per heavy atom. The van der Waals surface area contributed by atoms with Crippen LogP contribution in [0.1, 0.15) is 73.1 Å². The van der Waals surface area contributed by atoms with Gasteiger partial charge < -0.3 is 10.6 Å². The van der Waals surface area contributed by atoms with Crippen LogP contribution in [0.15, 0.2) is 36.4 Å². The van der Waals surface area contributed by atoms with Gasteiger partial charge >= 0.3 is 6.18 Å². The predicted octanol–water partition coefficient (Wildman–Crippen LogP) is 5.49. The van der Waals surface area contributed by atoms with E-state index in [1.54, 1.807) is 0 Å². The Morgan fingerprint density at radius 2 is 1.70 bits per heavy atom. The number of benzene rings is 1. The van der Waals surface area contributed by atoms with E-state index in [2.05, 4.69) is 15.7 Å². The van der Waals surface area contributed by atoms with Gasteiger partial charge in [-0.25, -0.2) is 4.68 Å². The minimum atomic E-state index is -4.46. The number of fused-ring (bicyclic) bond motifs is 1. The van der Waals surface area contributed by atoms with Crippen molar-refractivity contribution in [3.63, 3.8) is 0 Å². The van der Waals surface area contributed by atoms with E-state index in [9.17, 15) is 18.0 Å². The monoisotopic (exact) mass is 458 g/mol. The molecule has 0 spiro atoms. The molecule has 2 aromatic rings. The number of rotatable bonds is 4. The van der Waals surface area contributed by atoms with E-state index in [-0.39, 0.29) is 29.3 Å². The summed E-state index contributed by atoms with van der Waals surface area (Å²) in [6.45, 7) is 0.598. The molecule has 5 nitrogen and oxygen atoms in total. The lowest BCUT2D eigenvalue weighted by Crippen LogP contribution is -2.51. The van der Waals surface area contributed by atoms with Crippen molar-refractivity contribution in [1.29, 1.82) is 0 Å². The quantitative estimate of drug-likeness (QED) is 0.637.